The zero-order chi connectivity index (χ0) is 9.68. The van der Waals surface area contributed by atoms with Gasteiger partial charge in [0.05, 0.1) is 6.61 Å². The predicted molar refractivity (Wildman–Crippen MR) is 49.0 cm³/mol. The first-order valence-corrected chi connectivity index (χ1v) is 4.30. The Morgan fingerprint density at radius 3 is 3.00 bits per heavy atom. The molecule has 0 bridgehead atoms. The maximum absolute atomic E-state index is 10.6. The van der Waals surface area contributed by atoms with E-state index in [2.05, 4.69) is 6.58 Å². The van der Waals surface area contributed by atoms with E-state index < -0.39 is 6.29 Å². The van der Waals surface area contributed by atoms with Gasteiger partial charge in [0.25, 0.3) is 0 Å². The average Bonchev–Trinajstić information content (AvgIpc) is 2.08. The molecule has 0 fully saturated rings. The summed E-state index contributed by atoms with van der Waals surface area (Å²) in [5.74, 6) is 0.0427. The zero-order valence-corrected chi connectivity index (χ0v) is 7.73. The number of carbonyl (C=O) groups is 1. The lowest BCUT2D eigenvalue weighted by molar-refractivity contribution is -0.169. The highest BCUT2D eigenvalue weighted by atomic mass is 16.7. The van der Waals surface area contributed by atoms with Crippen molar-refractivity contribution in [3.63, 3.8) is 0 Å². The summed E-state index contributed by atoms with van der Waals surface area (Å²) in [7, 11) is 0. The van der Waals surface area contributed by atoms with Crippen molar-refractivity contribution in [2.75, 3.05) is 6.61 Å². The molecule has 3 nitrogen and oxygen atoms in total. The van der Waals surface area contributed by atoms with E-state index >= 15 is 0 Å². The monoisotopic (exact) mass is 182 g/mol. The predicted octanol–water partition coefficient (Wildman–Crippen LogP) is 1.65. The fourth-order valence-corrected chi connectivity index (χ4v) is 1.17. The fourth-order valence-electron chi connectivity index (χ4n) is 1.17. The topological polar surface area (TPSA) is 35.5 Å². The molecule has 2 atom stereocenters. The molecule has 72 valence electrons. The summed E-state index contributed by atoms with van der Waals surface area (Å²) in [5.41, 5.74) is 0. The van der Waals surface area contributed by atoms with Crippen molar-refractivity contribution in [3.05, 3.63) is 24.8 Å². The fraction of sp³-hybridized carbons (Fsp3) is 0.500. The van der Waals surface area contributed by atoms with Crippen LogP contribution in [0.2, 0.25) is 0 Å². The van der Waals surface area contributed by atoms with Crippen molar-refractivity contribution in [2.45, 2.75) is 19.6 Å². The third kappa shape index (κ3) is 3.42. The Balaban J connectivity index is 2.37. The first-order chi connectivity index (χ1) is 6.22. The van der Waals surface area contributed by atoms with Crippen molar-refractivity contribution in [3.8, 4) is 0 Å². The van der Waals surface area contributed by atoms with Crippen LogP contribution in [-0.2, 0) is 14.3 Å². The quantitative estimate of drug-likeness (QED) is 0.492. The number of rotatable bonds is 3. The van der Waals surface area contributed by atoms with Crippen LogP contribution >= 0.6 is 0 Å². The number of esters is 1. The zero-order valence-electron chi connectivity index (χ0n) is 7.73. The van der Waals surface area contributed by atoms with Crippen molar-refractivity contribution < 1.29 is 14.3 Å². The van der Waals surface area contributed by atoms with Crippen LogP contribution in [0, 0.1) is 5.92 Å². The van der Waals surface area contributed by atoms with E-state index in [4.69, 9.17) is 9.47 Å². The van der Waals surface area contributed by atoms with Crippen molar-refractivity contribution in [1.29, 1.82) is 0 Å². The van der Waals surface area contributed by atoms with Crippen LogP contribution in [0.5, 0.6) is 0 Å². The summed E-state index contributed by atoms with van der Waals surface area (Å²) < 4.78 is 10.1. The molecule has 0 unspecified atom stereocenters. The van der Waals surface area contributed by atoms with E-state index in [1.807, 2.05) is 12.2 Å². The van der Waals surface area contributed by atoms with Gasteiger partial charge in [-0.25, -0.2) is 0 Å². The van der Waals surface area contributed by atoms with Gasteiger partial charge >= 0.3 is 5.97 Å². The van der Waals surface area contributed by atoms with Gasteiger partial charge < -0.3 is 9.47 Å². The molecule has 0 aromatic rings. The molecule has 3 heteroatoms. The summed E-state index contributed by atoms with van der Waals surface area (Å²) in [6, 6.07) is 0. The van der Waals surface area contributed by atoms with Crippen LogP contribution in [0.4, 0.5) is 0 Å². The second-order valence-corrected chi connectivity index (χ2v) is 2.98. The Morgan fingerprint density at radius 2 is 2.54 bits per heavy atom. The first kappa shape index (κ1) is 9.99. The third-order valence-corrected chi connectivity index (χ3v) is 1.77. The number of carbonyl (C=O) groups excluding carboxylic acids is 1. The van der Waals surface area contributed by atoms with Crippen LogP contribution in [0.1, 0.15) is 13.3 Å². The largest absolute Gasteiger partial charge is 0.432 e. The molecule has 1 aliphatic heterocycles. The molecule has 0 spiro atoms. The minimum absolute atomic E-state index is 0.322. The number of hydrogen-bond acceptors (Lipinski definition) is 3. The minimum atomic E-state index is -0.501. The SMILES string of the molecule is C=CC[C@H]1C=C[C@H](OC(C)=O)OC1. The van der Waals surface area contributed by atoms with Gasteiger partial charge in [-0.15, -0.1) is 6.58 Å². The smallest absolute Gasteiger partial charge is 0.305 e. The molecule has 0 saturated carbocycles. The van der Waals surface area contributed by atoms with E-state index in [0.29, 0.717) is 12.5 Å². The molecule has 1 rings (SSSR count). The highest BCUT2D eigenvalue weighted by molar-refractivity contribution is 5.66. The van der Waals surface area contributed by atoms with Gasteiger partial charge in [0.2, 0.25) is 6.29 Å². The maximum Gasteiger partial charge on any atom is 0.305 e. The molecule has 0 amide bonds. The Morgan fingerprint density at radius 1 is 1.77 bits per heavy atom. The Kier molecular flexibility index (Phi) is 3.71. The molecule has 0 N–H and O–H groups in total. The Labute approximate surface area is 78.0 Å². The average molecular weight is 182 g/mol. The highest BCUT2D eigenvalue weighted by Crippen LogP contribution is 2.15. The number of ether oxygens (including phenoxy) is 2. The van der Waals surface area contributed by atoms with Crippen molar-refractivity contribution in [2.24, 2.45) is 5.92 Å². The van der Waals surface area contributed by atoms with Gasteiger partial charge in [0.1, 0.15) is 0 Å². The maximum atomic E-state index is 10.6. The molecule has 0 radical (unpaired) electrons. The highest BCUT2D eigenvalue weighted by Gasteiger charge is 2.16. The van der Waals surface area contributed by atoms with Crippen LogP contribution in [0.25, 0.3) is 0 Å². The molecular formula is C10H14O3. The molecule has 0 saturated heterocycles. The summed E-state index contributed by atoms with van der Waals surface area (Å²) >= 11 is 0. The van der Waals surface area contributed by atoms with Crippen LogP contribution in [0.15, 0.2) is 24.8 Å². The normalized spacial score (nSPS) is 26.8. The van der Waals surface area contributed by atoms with E-state index in [0.717, 1.165) is 6.42 Å². The lowest BCUT2D eigenvalue weighted by atomic mass is 10.0. The molecule has 1 aliphatic rings. The van der Waals surface area contributed by atoms with E-state index in [1.165, 1.54) is 6.92 Å². The Bertz CT molecular complexity index is 220. The van der Waals surface area contributed by atoms with E-state index in [9.17, 15) is 4.79 Å². The van der Waals surface area contributed by atoms with Crippen molar-refractivity contribution in [1.82, 2.24) is 0 Å². The summed E-state index contributed by atoms with van der Waals surface area (Å²) in [5, 5.41) is 0. The second-order valence-electron chi connectivity index (χ2n) is 2.98. The Hall–Kier alpha value is -1.09. The van der Waals surface area contributed by atoms with Crippen LogP contribution in [0.3, 0.4) is 0 Å². The van der Waals surface area contributed by atoms with Gasteiger partial charge in [-0.1, -0.05) is 12.2 Å². The lowest BCUT2D eigenvalue weighted by Crippen LogP contribution is -2.24. The molecule has 0 aromatic heterocycles. The molecule has 13 heavy (non-hydrogen) atoms. The van der Waals surface area contributed by atoms with Gasteiger partial charge in [-0.3, -0.25) is 4.79 Å². The minimum Gasteiger partial charge on any atom is -0.432 e. The number of allylic oxidation sites excluding steroid dienone is 1. The summed E-state index contributed by atoms with van der Waals surface area (Å²) in [6.45, 7) is 5.60. The van der Waals surface area contributed by atoms with Gasteiger partial charge in [-0.05, 0) is 12.5 Å². The third-order valence-electron chi connectivity index (χ3n) is 1.77. The summed E-state index contributed by atoms with van der Waals surface area (Å²) in [6.07, 6.45) is 6.00. The van der Waals surface area contributed by atoms with Crippen LogP contribution < -0.4 is 0 Å². The first-order valence-electron chi connectivity index (χ1n) is 4.30. The lowest BCUT2D eigenvalue weighted by Gasteiger charge is -2.22. The molecular weight excluding hydrogens is 168 g/mol. The standard InChI is InChI=1S/C10H14O3/c1-3-4-9-5-6-10(12-7-9)13-8(2)11/h3,5-6,9-10H,1,4,7H2,2H3/t9-,10-/m0/s1. The summed E-state index contributed by atoms with van der Waals surface area (Å²) in [4.78, 5) is 10.6. The van der Waals surface area contributed by atoms with E-state index in [-0.39, 0.29) is 5.97 Å². The van der Waals surface area contributed by atoms with E-state index in [1.54, 1.807) is 6.08 Å². The molecule has 0 aliphatic carbocycles. The molecule has 0 aromatic carbocycles. The van der Waals surface area contributed by atoms with Crippen molar-refractivity contribution >= 4 is 5.97 Å². The van der Waals surface area contributed by atoms with Gasteiger partial charge in [0.15, 0.2) is 0 Å². The number of hydrogen-bond donors (Lipinski definition) is 0. The second kappa shape index (κ2) is 4.82. The molecule has 1 heterocycles. The van der Waals surface area contributed by atoms with Crippen LogP contribution in [-0.4, -0.2) is 18.9 Å². The van der Waals surface area contributed by atoms with Gasteiger partial charge in [-0.2, -0.15) is 0 Å². The van der Waals surface area contributed by atoms with Gasteiger partial charge in [0, 0.05) is 12.8 Å².